The average molecular weight is 288 g/mol. The van der Waals surface area contributed by atoms with Crippen LogP contribution < -0.4 is 10.1 Å². The maximum Gasteiger partial charge on any atom is 0.130 e. The molecule has 0 radical (unpaired) electrons. The normalized spacial score (nSPS) is 10.9. The quantitative estimate of drug-likeness (QED) is 0.881. The van der Waals surface area contributed by atoms with Crippen LogP contribution in [0.25, 0.3) is 0 Å². The summed E-state index contributed by atoms with van der Waals surface area (Å²) >= 11 is 0. The van der Waals surface area contributed by atoms with E-state index in [2.05, 4.69) is 24.1 Å². The van der Waals surface area contributed by atoms with Gasteiger partial charge in [-0.1, -0.05) is 19.9 Å². The summed E-state index contributed by atoms with van der Waals surface area (Å²) in [6.07, 6.45) is 0. The van der Waals surface area contributed by atoms with E-state index in [1.807, 2.05) is 25.1 Å². The molecule has 0 aliphatic rings. The molecule has 0 atom stereocenters. The minimum absolute atomic E-state index is 0.250. The van der Waals surface area contributed by atoms with Crippen LogP contribution in [0.3, 0.4) is 0 Å². The van der Waals surface area contributed by atoms with E-state index in [0.29, 0.717) is 18.4 Å². The summed E-state index contributed by atoms with van der Waals surface area (Å²) in [7, 11) is 0. The van der Waals surface area contributed by atoms with Crippen LogP contribution in [-0.2, 0) is 13.2 Å². The van der Waals surface area contributed by atoms with Crippen molar-refractivity contribution >= 4 is 0 Å². The van der Waals surface area contributed by atoms with E-state index in [1.54, 1.807) is 6.07 Å². The standard InChI is InChI=1S/C17H21FN2O/c1-12(2)19-10-15-5-4-6-16(20-15)11-21-17-8-7-14(18)9-13(17)3/h4-9,12,19H,10-11H2,1-3H3. The minimum atomic E-state index is -0.250. The van der Waals surface area contributed by atoms with Gasteiger partial charge in [-0.15, -0.1) is 0 Å². The summed E-state index contributed by atoms with van der Waals surface area (Å²) in [6, 6.07) is 10.8. The number of pyridine rings is 1. The highest BCUT2D eigenvalue weighted by Gasteiger charge is 2.04. The third-order valence-corrected chi connectivity index (χ3v) is 3.07. The van der Waals surface area contributed by atoms with E-state index >= 15 is 0 Å². The van der Waals surface area contributed by atoms with Crippen molar-refractivity contribution in [3.63, 3.8) is 0 Å². The lowest BCUT2D eigenvalue weighted by Gasteiger charge is -2.11. The van der Waals surface area contributed by atoms with Gasteiger partial charge in [0.25, 0.3) is 0 Å². The number of halogens is 1. The molecule has 2 aromatic rings. The Morgan fingerprint density at radius 2 is 1.95 bits per heavy atom. The van der Waals surface area contributed by atoms with Gasteiger partial charge in [0.1, 0.15) is 18.2 Å². The third kappa shape index (κ3) is 4.83. The van der Waals surface area contributed by atoms with Crippen LogP contribution in [0.4, 0.5) is 4.39 Å². The molecule has 2 rings (SSSR count). The summed E-state index contributed by atoms with van der Waals surface area (Å²) in [5.74, 6) is 0.434. The second kappa shape index (κ2) is 7.18. The van der Waals surface area contributed by atoms with Crippen LogP contribution >= 0.6 is 0 Å². The number of hydrogen-bond donors (Lipinski definition) is 1. The van der Waals surface area contributed by atoms with Gasteiger partial charge in [0.15, 0.2) is 0 Å². The molecular weight excluding hydrogens is 267 g/mol. The van der Waals surface area contributed by atoms with E-state index in [-0.39, 0.29) is 5.82 Å². The molecule has 0 spiro atoms. The highest BCUT2D eigenvalue weighted by molar-refractivity contribution is 5.32. The van der Waals surface area contributed by atoms with Crippen LogP contribution in [0.15, 0.2) is 36.4 Å². The summed E-state index contributed by atoms with van der Waals surface area (Å²) in [5.41, 5.74) is 2.63. The fourth-order valence-corrected chi connectivity index (χ4v) is 1.94. The number of aryl methyl sites for hydroxylation is 1. The van der Waals surface area contributed by atoms with Crippen molar-refractivity contribution in [2.75, 3.05) is 0 Å². The van der Waals surface area contributed by atoms with Crippen molar-refractivity contribution < 1.29 is 9.13 Å². The molecule has 0 aliphatic carbocycles. The molecular formula is C17H21FN2O. The number of nitrogens with one attached hydrogen (secondary N) is 1. The van der Waals surface area contributed by atoms with Gasteiger partial charge in [-0.2, -0.15) is 0 Å². The maximum atomic E-state index is 13.0. The first kappa shape index (κ1) is 15.4. The molecule has 4 heteroatoms. The zero-order chi connectivity index (χ0) is 15.2. The Morgan fingerprint density at radius 1 is 1.19 bits per heavy atom. The summed E-state index contributed by atoms with van der Waals surface area (Å²) in [4.78, 5) is 4.55. The van der Waals surface area contributed by atoms with Crippen LogP contribution in [0.2, 0.25) is 0 Å². The molecule has 1 aromatic carbocycles. The van der Waals surface area contributed by atoms with E-state index in [4.69, 9.17) is 4.74 Å². The smallest absolute Gasteiger partial charge is 0.130 e. The SMILES string of the molecule is Cc1cc(F)ccc1OCc1cccc(CNC(C)C)n1. The van der Waals surface area contributed by atoms with Gasteiger partial charge in [-0.25, -0.2) is 4.39 Å². The van der Waals surface area contributed by atoms with Gasteiger partial charge < -0.3 is 10.1 Å². The minimum Gasteiger partial charge on any atom is -0.487 e. The second-order valence-corrected chi connectivity index (χ2v) is 5.35. The Morgan fingerprint density at radius 3 is 2.67 bits per heavy atom. The van der Waals surface area contributed by atoms with E-state index in [1.165, 1.54) is 12.1 Å². The number of rotatable bonds is 6. The fourth-order valence-electron chi connectivity index (χ4n) is 1.94. The highest BCUT2D eigenvalue weighted by Crippen LogP contribution is 2.19. The van der Waals surface area contributed by atoms with Crippen molar-refractivity contribution in [2.24, 2.45) is 0 Å². The van der Waals surface area contributed by atoms with Gasteiger partial charge in [-0.05, 0) is 42.8 Å². The Hall–Kier alpha value is -1.94. The predicted octanol–water partition coefficient (Wildman–Crippen LogP) is 3.61. The Labute approximate surface area is 125 Å². The predicted molar refractivity (Wildman–Crippen MR) is 81.7 cm³/mol. The van der Waals surface area contributed by atoms with Crippen LogP contribution in [0.5, 0.6) is 5.75 Å². The van der Waals surface area contributed by atoms with E-state index in [9.17, 15) is 4.39 Å². The van der Waals surface area contributed by atoms with Crippen molar-refractivity contribution in [3.05, 3.63) is 59.2 Å². The molecule has 0 unspecified atom stereocenters. The zero-order valence-corrected chi connectivity index (χ0v) is 12.7. The topological polar surface area (TPSA) is 34.1 Å². The lowest BCUT2D eigenvalue weighted by molar-refractivity contribution is 0.298. The molecule has 0 bridgehead atoms. The number of ether oxygens (including phenoxy) is 1. The lowest BCUT2D eigenvalue weighted by Crippen LogP contribution is -2.22. The molecule has 21 heavy (non-hydrogen) atoms. The second-order valence-electron chi connectivity index (χ2n) is 5.35. The molecule has 0 amide bonds. The first-order chi connectivity index (χ1) is 10.0. The molecule has 1 heterocycles. The van der Waals surface area contributed by atoms with Crippen LogP contribution in [0, 0.1) is 12.7 Å². The number of nitrogens with zero attached hydrogens (tertiary/aromatic N) is 1. The zero-order valence-electron chi connectivity index (χ0n) is 12.7. The Kier molecular flexibility index (Phi) is 5.28. The van der Waals surface area contributed by atoms with Gasteiger partial charge in [-0.3, -0.25) is 4.98 Å². The number of aromatic nitrogens is 1. The molecule has 112 valence electrons. The Balaban J connectivity index is 1.98. The lowest BCUT2D eigenvalue weighted by atomic mass is 10.2. The average Bonchev–Trinajstić information content (AvgIpc) is 2.45. The number of benzene rings is 1. The first-order valence-electron chi connectivity index (χ1n) is 7.12. The van der Waals surface area contributed by atoms with Gasteiger partial charge in [0, 0.05) is 12.6 Å². The van der Waals surface area contributed by atoms with Crippen LogP contribution in [-0.4, -0.2) is 11.0 Å². The fraction of sp³-hybridized carbons (Fsp3) is 0.353. The van der Waals surface area contributed by atoms with Gasteiger partial charge in [0.2, 0.25) is 0 Å². The molecule has 1 aromatic heterocycles. The molecule has 0 aliphatic heterocycles. The first-order valence-corrected chi connectivity index (χ1v) is 7.12. The van der Waals surface area contributed by atoms with E-state index in [0.717, 1.165) is 23.5 Å². The maximum absolute atomic E-state index is 13.0. The van der Waals surface area contributed by atoms with Crippen molar-refractivity contribution in [1.82, 2.24) is 10.3 Å². The van der Waals surface area contributed by atoms with Crippen molar-refractivity contribution in [3.8, 4) is 5.75 Å². The highest BCUT2D eigenvalue weighted by atomic mass is 19.1. The molecule has 0 saturated carbocycles. The summed E-state index contributed by atoms with van der Waals surface area (Å²) in [5, 5.41) is 3.33. The van der Waals surface area contributed by atoms with Gasteiger partial charge >= 0.3 is 0 Å². The third-order valence-electron chi connectivity index (χ3n) is 3.07. The van der Waals surface area contributed by atoms with E-state index < -0.39 is 0 Å². The molecule has 0 fully saturated rings. The largest absolute Gasteiger partial charge is 0.487 e. The van der Waals surface area contributed by atoms with Crippen LogP contribution in [0.1, 0.15) is 30.8 Å². The molecule has 0 saturated heterocycles. The summed E-state index contributed by atoms with van der Waals surface area (Å²) < 4.78 is 18.7. The summed E-state index contributed by atoms with van der Waals surface area (Å²) in [6.45, 7) is 7.15. The molecule has 1 N–H and O–H groups in total. The van der Waals surface area contributed by atoms with Gasteiger partial charge in [0.05, 0.1) is 11.4 Å². The number of hydrogen-bond acceptors (Lipinski definition) is 3. The van der Waals surface area contributed by atoms with Crippen molar-refractivity contribution in [2.45, 2.75) is 40.0 Å². The Bertz CT molecular complexity index is 599. The monoisotopic (exact) mass is 288 g/mol. The molecule has 3 nitrogen and oxygen atoms in total. The van der Waals surface area contributed by atoms with Crippen molar-refractivity contribution in [1.29, 1.82) is 0 Å².